The molecule has 4 heterocycles. The molecule has 0 radical (unpaired) electrons. The predicted octanol–water partition coefficient (Wildman–Crippen LogP) is 3.15. The summed E-state index contributed by atoms with van der Waals surface area (Å²) in [5.41, 5.74) is 4.89. The minimum absolute atomic E-state index is 0.0532. The summed E-state index contributed by atoms with van der Waals surface area (Å²) in [6, 6.07) is 13.4. The molecule has 2 aliphatic rings. The van der Waals surface area contributed by atoms with Gasteiger partial charge in [-0.2, -0.15) is 0 Å². The molecule has 1 atom stereocenters. The van der Waals surface area contributed by atoms with Crippen molar-refractivity contribution >= 4 is 0 Å². The molecular weight excluding hydrogens is 408 g/mol. The molecule has 5 rings (SSSR count). The third kappa shape index (κ3) is 4.26. The second-order valence-corrected chi connectivity index (χ2v) is 8.03. The number of rotatable bonds is 6. The molecule has 0 spiro atoms. The van der Waals surface area contributed by atoms with Crippen LogP contribution in [0.3, 0.4) is 0 Å². The highest BCUT2D eigenvalue weighted by molar-refractivity contribution is 5.71. The number of ether oxygens (including phenoxy) is 4. The van der Waals surface area contributed by atoms with E-state index in [0.29, 0.717) is 45.3 Å². The SMILES string of the molecule is Cc1c(OC[C@@H]2COCCO2)cc(=O)n2c1-c1ccc(OCc3ccccn3)cc1CC2. The van der Waals surface area contributed by atoms with Gasteiger partial charge in [-0.1, -0.05) is 6.07 Å². The Hall–Kier alpha value is -3.16. The number of benzene rings is 1. The molecule has 32 heavy (non-hydrogen) atoms. The summed E-state index contributed by atoms with van der Waals surface area (Å²) in [7, 11) is 0. The molecule has 0 bridgehead atoms. The van der Waals surface area contributed by atoms with Gasteiger partial charge < -0.3 is 23.5 Å². The summed E-state index contributed by atoms with van der Waals surface area (Å²) >= 11 is 0. The maximum atomic E-state index is 12.8. The van der Waals surface area contributed by atoms with E-state index in [1.165, 1.54) is 0 Å². The van der Waals surface area contributed by atoms with E-state index in [9.17, 15) is 4.79 Å². The third-order valence-electron chi connectivity index (χ3n) is 5.87. The maximum Gasteiger partial charge on any atom is 0.254 e. The zero-order valence-corrected chi connectivity index (χ0v) is 18.1. The lowest BCUT2D eigenvalue weighted by Crippen LogP contribution is -2.34. The van der Waals surface area contributed by atoms with E-state index in [1.807, 2.05) is 41.8 Å². The van der Waals surface area contributed by atoms with Gasteiger partial charge in [0.05, 0.1) is 31.2 Å². The number of aryl methyl sites for hydroxylation is 1. The molecule has 0 amide bonds. The quantitative estimate of drug-likeness (QED) is 0.594. The molecular formula is C25H26N2O5. The maximum absolute atomic E-state index is 12.8. The van der Waals surface area contributed by atoms with Crippen molar-refractivity contribution in [1.82, 2.24) is 9.55 Å². The van der Waals surface area contributed by atoms with E-state index in [1.54, 1.807) is 12.3 Å². The van der Waals surface area contributed by atoms with Crippen LogP contribution in [0.2, 0.25) is 0 Å². The lowest BCUT2D eigenvalue weighted by Gasteiger charge is -2.27. The molecule has 1 aromatic carbocycles. The molecule has 1 fully saturated rings. The normalized spacial score (nSPS) is 17.3. The van der Waals surface area contributed by atoms with E-state index in [2.05, 4.69) is 11.1 Å². The van der Waals surface area contributed by atoms with Crippen molar-refractivity contribution in [3.63, 3.8) is 0 Å². The van der Waals surface area contributed by atoms with E-state index in [0.717, 1.165) is 40.2 Å². The predicted molar refractivity (Wildman–Crippen MR) is 119 cm³/mol. The molecule has 0 unspecified atom stereocenters. The molecule has 7 nitrogen and oxygen atoms in total. The van der Waals surface area contributed by atoms with Gasteiger partial charge >= 0.3 is 0 Å². The zero-order valence-electron chi connectivity index (χ0n) is 18.1. The van der Waals surface area contributed by atoms with Gasteiger partial charge in [0.1, 0.15) is 30.8 Å². The van der Waals surface area contributed by atoms with Crippen molar-refractivity contribution in [1.29, 1.82) is 0 Å². The van der Waals surface area contributed by atoms with Crippen LogP contribution < -0.4 is 15.0 Å². The van der Waals surface area contributed by atoms with Crippen molar-refractivity contribution in [2.45, 2.75) is 32.6 Å². The summed E-state index contributed by atoms with van der Waals surface area (Å²) in [6.45, 7) is 5.09. The van der Waals surface area contributed by atoms with Gasteiger partial charge in [-0.3, -0.25) is 9.78 Å². The third-order valence-corrected chi connectivity index (χ3v) is 5.87. The fourth-order valence-electron chi connectivity index (χ4n) is 4.23. The second-order valence-electron chi connectivity index (χ2n) is 8.03. The van der Waals surface area contributed by atoms with Gasteiger partial charge in [0.15, 0.2) is 0 Å². The van der Waals surface area contributed by atoms with Gasteiger partial charge in [0.25, 0.3) is 5.56 Å². The molecule has 0 N–H and O–H groups in total. The van der Waals surface area contributed by atoms with Crippen LogP contribution in [-0.4, -0.2) is 42.1 Å². The Labute approximate surface area is 186 Å². The Balaban J connectivity index is 1.39. The Kier molecular flexibility index (Phi) is 5.92. The monoisotopic (exact) mass is 434 g/mol. The Bertz CT molecular complexity index is 1150. The number of nitrogens with zero attached hydrogens (tertiary/aromatic N) is 2. The van der Waals surface area contributed by atoms with E-state index < -0.39 is 0 Å². The Morgan fingerprint density at radius 2 is 2.09 bits per heavy atom. The van der Waals surface area contributed by atoms with Crippen LogP contribution in [0.25, 0.3) is 11.3 Å². The van der Waals surface area contributed by atoms with E-state index in [4.69, 9.17) is 18.9 Å². The summed E-state index contributed by atoms with van der Waals surface area (Å²) < 4.78 is 24.9. The molecule has 2 aromatic heterocycles. The van der Waals surface area contributed by atoms with Gasteiger partial charge in [-0.25, -0.2) is 0 Å². The fraction of sp³-hybridized carbons (Fsp3) is 0.360. The van der Waals surface area contributed by atoms with Crippen molar-refractivity contribution in [2.75, 3.05) is 26.4 Å². The van der Waals surface area contributed by atoms with Crippen LogP contribution in [0.1, 0.15) is 16.8 Å². The molecule has 7 heteroatoms. The lowest BCUT2D eigenvalue weighted by molar-refractivity contribution is -0.101. The summed E-state index contributed by atoms with van der Waals surface area (Å²) in [5, 5.41) is 0. The van der Waals surface area contributed by atoms with Crippen LogP contribution >= 0.6 is 0 Å². The molecule has 166 valence electrons. The van der Waals surface area contributed by atoms with Crippen molar-refractivity contribution < 1.29 is 18.9 Å². The molecule has 2 aliphatic heterocycles. The van der Waals surface area contributed by atoms with Crippen LogP contribution in [-0.2, 0) is 29.0 Å². The zero-order chi connectivity index (χ0) is 21.9. The Morgan fingerprint density at radius 1 is 1.16 bits per heavy atom. The van der Waals surface area contributed by atoms with Crippen LogP contribution in [0, 0.1) is 6.92 Å². The summed E-state index contributed by atoms with van der Waals surface area (Å²) in [5.74, 6) is 1.39. The molecule has 0 aliphatic carbocycles. The van der Waals surface area contributed by atoms with Crippen molar-refractivity contribution in [3.05, 3.63) is 75.8 Å². The summed E-state index contributed by atoms with van der Waals surface area (Å²) in [6.07, 6.45) is 2.42. The summed E-state index contributed by atoms with van der Waals surface area (Å²) in [4.78, 5) is 17.1. The first-order chi connectivity index (χ1) is 15.7. The number of fused-ring (bicyclic) bond motifs is 3. The number of aromatic nitrogens is 2. The van der Waals surface area contributed by atoms with Crippen molar-refractivity contribution in [3.8, 4) is 22.8 Å². The highest BCUT2D eigenvalue weighted by Gasteiger charge is 2.23. The van der Waals surface area contributed by atoms with Crippen molar-refractivity contribution in [2.24, 2.45) is 0 Å². The van der Waals surface area contributed by atoms with Crippen LogP contribution in [0.15, 0.2) is 53.5 Å². The molecule has 0 saturated carbocycles. The molecule has 1 saturated heterocycles. The molecule has 3 aromatic rings. The lowest BCUT2D eigenvalue weighted by atomic mass is 9.94. The fourth-order valence-corrected chi connectivity index (χ4v) is 4.23. The standard InChI is InChI=1S/C25H26N2O5/c1-17-23(32-16-21-15-29-10-11-30-21)13-24(28)27-9-7-18-12-20(5-6-22(18)25(17)27)31-14-19-4-2-3-8-26-19/h2-6,8,12-13,21H,7,9-11,14-16H2,1H3/t21-/m0/s1. The van der Waals surface area contributed by atoms with E-state index >= 15 is 0 Å². The van der Waals surface area contributed by atoms with Gasteiger partial charge in [0.2, 0.25) is 0 Å². The number of pyridine rings is 2. The minimum atomic E-state index is -0.118. The number of hydrogen-bond donors (Lipinski definition) is 0. The van der Waals surface area contributed by atoms with Gasteiger partial charge in [0, 0.05) is 29.9 Å². The first-order valence-corrected chi connectivity index (χ1v) is 10.9. The largest absolute Gasteiger partial charge is 0.490 e. The van der Waals surface area contributed by atoms with Gasteiger partial charge in [-0.05, 0) is 49.2 Å². The smallest absolute Gasteiger partial charge is 0.254 e. The highest BCUT2D eigenvalue weighted by atomic mass is 16.6. The Morgan fingerprint density at radius 3 is 2.91 bits per heavy atom. The first kappa shape index (κ1) is 20.7. The topological polar surface area (TPSA) is 71.8 Å². The van der Waals surface area contributed by atoms with E-state index in [-0.39, 0.29) is 11.7 Å². The first-order valence-electron chi connectivity index (χ1n) is 10.9. The highest BCUT2D eigenvalue weighted by Crippen LogP contribution is 2.36. The van der Waals surface area contributed by atoms with Gasteiger partial charge in [-0.15, -0.1) is 0 Å². The number of hydrogen-bond acceptors (Lipinski definition) is 6. The average molecular weight is 434 g/mol. The minimum Gasteiger partial charge on any atom is -0.490 e. The second kappa shape index (κ2) is 9.14. The van der Waals surface area contributed by atoms with Crippen LogP contribution in [0.5, 0.6) is 11.5 Å². The average Bonchev–Trinajstić information content (AvgIpc) is 2.84. The van der Waals surface area contributed by atoms with Crippen LogP contribution in [0.4, 0.5) is 0 Å².